The predicted molar refractivity (Wildman–Crippen MR) is 114 cm³/mol. The quantitative estimate of drug-likeness (QED) is 0.414. The lowest BCUT2D eigenvalue weighted by Crippen LogP contribution is -2.30. The van der Waals surface area contributed by atoms with Crippen LogP contribution >= 0.6 is 11.3 Å². The minimum Gasteiger partial charge on any atom is -0.494 e. The van der Waals surface area contributed by atoms with E-state index in [4.69, 9.17) is 4.74 Å². The lowest BCUT2D eigenvalue weighted by molar-refractivity contribution is 0.0985. The van der Waals surface area contributed by atoms with Gasteiger partial charge in [-0.15, -0.1) is 0 Å². The number of carbonyl (C=O) groups excluding carboxylic acids is 1. The first-order valence-electron chi connectivity index (χ1n) is 9.29. The van der Waals surface area contributed by atoms with Gasteiger partial charge in [0.25, 0.3) is 5.91 Å². The van der Waals surface area contributed by atoms with Gasteiger partial charge in [-0.25, -0.2) is 9.37 Å². The summed E-state index contributed by atoms with van der Waals surface area (Å²) in [6.07, 6.45) is 0. The van der Waals surface area contributed by atoms with Crippen LogP contribution in [0.4, 0.5) is 9.52 Å². The van der Waals surface area contributed by atoms with Gasteiger partial charge in [0.15, 0.2) is 5.13 Å². The molecule has 0 saturated carbocycles. The average molecular weight is 406 g/mol. The summed E-state index contributed by atoms with van der Waals surface area (Å²) in [5, 5.41) is 0.590. The molecule has 0 aliphatic heterocycles. The van der Waals surface area contributed by atoms with E-state index in [1.807, 2.05) is 55.5 Å². The topological polar surface area (TPSA) is 42.4 Å². The zero-order chi connectivity index (χ0) is 20.2. The first kappa shape index (κ1) is 19.1. The zero-order valence-electron chi connectivity index (χ0n) is 15.8. The lowest BCUT2D eigenvalue weighted by atomic mass is 10.1. The zero-order valence-corrected chi connectivity index (χ0v) is 16.7. The summed E-state index contributed by atoms with van der Waals surface area (Å²) in [6.45, 7) is 2.89. The van der Waals surface area contributed by atoms with E-state index in [2.05, 4.69) is 4.98 Å². The van der Waals surface area contributed by atoms with Crippen LogP contribution in [-0.4, -0.2) is 17.5 Å². The summed E-state index contributed by atoms with van der Waals surface area (Å²) >= 11 is 1.43. The van der Waals surface area contributed by atoms with Crippen LogP contribution < -0.4 is 9.64 Å². The third kappa shape index (κ3) is 4.27. The second-order valence-corrected chi connectivity index (χ2v) is 7.45. The predicted octanol–water partition coefficient (Wildman–Crippen LogP) is 5.68. The van der Waals surface area contributed by atoms with Gasteiger partial charge in [0.05, 0.1) is 23.4 Å². The van der Waals surface area contributed by atoms with Gasteiger partial charge in [-0.2, -0.15) is 0 Å². The third-order valence-electron chi connectivity index (χ3n) is 4.41. The van der Waals surface area contributed by atoms with Crippen molar-refractivity contribution in [2.75, 3.05) is 11.5 Å². The number of halogens is 1. The van der Waals surface area contributed by atoms with Crippen LogP contribution in [0.2, 0.25) is 0 Å². The number of hydrogen-bond acceptors (Lipinski definition) is 4. The number of anilines is 1. The Labute approximate surface area is 172 Å². The van der Waals surface area contributed by atoms with Crippen LogP contribution in [-0.2, 0) is 6.54 Å². The van der Waals surface area contributed by atoms with Crippen LogP contribution in [0.3, 0.4) is 0 Å². The van der Waals surface area contributed by atoms with Gasteiger partial charge in [-0.3, -0.25) is 9.69 Å². The molecule has 0 N–H and O–H groups in total. The Morgan fingerprint density at radius 1 is 1.07 bits per heavy atom. The van der Waals surface area contributed by atoms with Crippen molar-refractivity contribution in [1.29, 1.82) is 0 Å². The van der Waals surface area contributed by atoms with Gasteiger partial charge in [0, 0.05) is 5.56 Å². The van der Waals surface area contributed by atoms with Crippen molar-refractivity contribution in [2.45, 2.75) is 13.5 Å². The number of hydrogen-bond donors (Lipinski definition) is 0. The van der Waals surface area contributed by atoms with E-state index in [9.17, 15) is 9.18 Å². The van der Waals surface area contributed by atoms with Gasteiger partial charge in [-0.05, 0) is 55.0 Å². The molecule has 0 spiro atoms. The van der Waals surface area contributed by atoms with E-state index in [0.717, 1.165) is 21.5 Å². The van der Waals surface area contributed by atoms with E-state index < -0.39 is 0 Å². The van der Waals surface area contributed by atoms with Crippen molar-refractivity contribution in [3.8, 4) is 5.75 Å². The molecule has 0 unspecified atom stereocenters. The molecule has 0 aliphatic rings. The summed E-state index contributed by atoms with van der Waals surface area (Å²) in [6, 6.07) is 21.0. The SMILES string of the molecule is CCOc1ccc2nc(N(Cc3ccccc3)C(=O)c3ccc(F)cc3)sc2c1. The van der Waals surface area contributed by atoms with Crippen LogP contribution in [0.15, 0.2) is 72.8 Å². The highest BCUT2D eigenvalue weighted by molar-refractivity contribution is 7.22. The minimum absolute atomic E-state index is 0.224. The maximum Gasteiger partial charge on any atom is 0.260 e. The number of rotatable bonds is 6. The fourth-order valence-electron chi connectivity index (χ4n) is 3.01. The Kier molecular flexibility index (Phi) is 5.53. The Hall–Kier alpha value is -3.25. The second kappa shape index (κ2) is 8.41. The van der Waals surface area contributed by atoms with E-state index in [-0.39, 0.29) is 11.7 Å². The highest BCUT2D eigenvalue weighted by Gasteiger charge is 2.22. The van der Waals surface area contributed by atoms with Crippen molar-refractivity contribution in [3.63, 3.8) is 0 Å². The molecule has 4 nitrogen and oxygen atoms in total. The lowest BCUT2D eigenvalue weighted by Gasteiger charge is -2.20. The highest BCUT2D eigenvalue weighted by atomic mass is 32.1. The summed E-state index contributed by atoms with van der Waals surface area (Å²) in [5.74, 6) is 0.173. The molecule has 0 aliphatic carbocycles. The number of amides is 1. The summed E-state index contributed by atoms with van der Waals surface area (Å²) in [4.78, 5) is 19.6. The van der Waals surface area contributed by atoms with Gasteiger partial charge < -0.3 is 4.74 Å². The maximum absolute atomic E-state index is 13.3. The molecule has 1 heterocycles. The Morgan fingerprint density at radius 3 is 2.55 bits per heavy atom. The Bertz CT molecular complexity index is 1130. The standard InChI is InChI=1S/C23H19FN2O2S/c1-2-28-19-12-13-20-21(14-19)29-23(25-20)26(15-16-6-4-3-5-7-16)22(27)17-8-10-18(24)11-9-17/h3-14H,2,15H2,1H3. The fourth-order valence-corrected chi connectivity index (χ4v) is 4.00. The van der Waals surface area contributed by atoms with Gasteiger partial charge >= 0.3 is 0 Å². The molecule has 6 heteroatoms. The molecule has 0 saturated heterocycles. The molecular formula is C23H19FN2O2S. The number of carbonyl (C=O) groups is 1. The monoisotopic (exact) mass is 406 g/mol. The maximum atomic E-state index is 13.3. The first-order valence-corrected chi connectivity index (χ1v) is 10.1. The Morgan fingerprint density at radius 2 is 1.83 bits per heavy atom. The number of aromatic nitrogens is 1. The first-order chi connectivity index (χ1) is 14.1. The summed E-state index contributed by atoms with van der Waals surface area (Å²) < 4.78 is 19.8. The van der Waals surface area contributed by atoms with E-state index in [1.54, 1.807) is 4.90 Å². The largest absolute Gasteiger partial charge is 0.494 e. The average Bonchev–Trinajstić information content (AvgIpc) is 3.16. The van der Waals surface area contributed by atoms with Crippen molar-refractivity contribution in [2.24, 2.45) is 0 Å². The fraction of sp³-hybridized carbons (Fsp3) is 0.130. The molecule has 0 atom stereocenters. The molecule has 29 heavy (non-hydrogen) atoms. The number of fused-ring (bicyclic) bond motifs is 1. The smallest absolute Gasteiger partial charge is 0.260 e. The van der Waals surface area contributed by atoms with Crippen molar-refractivity contribution in [3.05, 3.63) is 89.7 Å². The van der Waals surface area contributed by atoms with Gasteiger partial charge in [-0.1, -0.05) is 41.7 Å². The Balaban J connectivity index is 1.73. The number of thiazole rings is 1. The molecule has 4 rings (SSSR count). The molecular weight excluding hydrogens is 387 g/mol. The van der Waals surface area contributed by atoms with Crippen molar-refractivity contribution < 1.29 is 13.9 Å². The van der Waals surface area contributed by atoms with E-state index in [0.29, 0.717) is 23.8 Å². The summed E-state index contributed by atoms with van der Waals surface area (Å²) in [7, 11) is 0. The highest BCUT2D eigenvalue weighted by Crippen LogP contribution is 2.33. The molecule has 0 fully saturated rings. The van der Waals surface area contributed by atoms with Crippen LogP contribution in [0.1, 0.15) is 22.8 Å². The van der Waals surface area contributed by atoms with Crippen molar-refractivity contribution in [1.82, 2.24) is 4.98 Å². The second-order valence-electron chi connectivity index (χ2n) is 6.44. The van der Waals surface area contributed by atoms with Crippen LogP contribution in [0.5, 0.6) is 5.75 Å². The van der Waals surface area contributed by atoms with E-state index in [1.165, 1.54) is 35.6 Å². The minimum atomic E-state index is -0.375. The van der Waals surface area contributed by atoms with Crippen LogP contribution in [0.25, 0.3) is 10.2 Å². The van der Waals surface area contributed by atoms with Crippen LogP contribution in [0, 0.1) is 5.82 Å². The van der Waals surface area contributed by atoms with Crippen molar-refractivity contribution >= 4 is 32.6 Å². The molecule has 1 aromatic heterocycles. The molecule has 0 bridgehead atoms. The van der Waals surface area contributed by atoms with E-state index >= 15 is 0 Å². The molecule has 146 valence electrons. The van der Waals surface area contributed by atoms with Gasteiger partial charge in [0.1, 0.15) is 11.6 Å². The normalized spacial score (nSPS) is 10.8. The molecule has 4 aromatic rings. The summed E-state index contributed by atoms with van der Waals surface area (Å²) in [5.41, 5.74) is 2.20. The number of nitrogens with zero attached hydrogens (tertiary/aromatic N) is 2. The number of benzene rings is 3. The number of ether oxygens (including phenoxy) is 1. The molecule has 1 amide bonds. The molecule has 0 radical (unpaired) electrons. The van der Waals surface area contributed by atoms with Gasteiger partial charge in [0.2, 0.25) is 0 Å². The molecule has 3 aromatic carbocycles. The third-order valence-corrected chi connectivity index (χ3v) is 5.45.